The second-order valence-electron chi connectivity index (χ2n) is 5.74. The van der Waals surface area contributed by atoms with Crippen molar-refractivity contribution in [3.05, 3.63) is 53.1 Å². The highest BCUT2D eigenvalue weighted by molar-refractivity contribution is 7.94. The predicted molar refractivity (Wildman–Crippen MR) is 99.3 cm³/mol. The Hall–Kier alpha value is -2.10. The molecule has 3 rings (SSSR count). The van der Waals surface area contributed by atoms with Crippen molar-refractivity contribution in [3.8, 4) is 0 Å². The van der Waals surface area contributed by atoms with Crippen LogP contribution in [0.2, 0.25) is 5.02 Å². The van der Waals surface area contributed by atoms with E-state index in [1.807, 2.05) is 0 Å². The van der Waals surface area contributed by atoms with Gasteiger partial charge in [-0.1, -0.05) is 17.7 Å². The Bertz CT molecular complexity index is 1080. The molecule has 0 spiro atoms. The first-order valence-corrected chi connectivity index (χ1v) is 11.0. The summed E-state index contributed by atoms with van der Waals surface area (Å²) in [5.74, 6) is -0.783. The molecule has 0 atom stereocenters. The summed E-state index contributed by atoms with van der Waals surface area (Å²) in [6, 6.07) is 9.94. The van der Waals surface area contributed by atoms with Gasteiger partial charge in [-0.15, -0.1) is 0 Å². The van der Waals surface area contributed by atoms with E-state index < -0.39 is 26.0 Å². The summed E-state index contributed by atoms with van der Waals surface area (Å²) in [6.45, 7) is 1.69. The van der Waals surface area contributed by atoms with Crippen molar-refractivity contribution in [2.45, 2.75) is 18.2 Å². The second kappa shape index (κ2) is 6.57. The molecule has 10 heteroatoms. The van der Waals surface area contributed by atoms with Gasteiger partial charge in [-0.05, 0) is 48.9 Å². The number of carbonyl (C=O) groups excluding carboxylic acids is 1. The molecule has 1 aliphatic heterocycles. The van der Waals surface area contributed by atoms with Crippen molar-refractivity contribution in [1.29, 1.82) is 0 Å². The molecule has 0 saturated carbocycles. The highest BCUT2D eigenvalue weighted by atomic mass is 35.5. The van der Waals surface area contributed by atoms with Crippen molar-refractivity contribution in [1.82, 2.24) is 0 Å². The topological polar surface area (TPSA) is 101 Å². The summed E-state index contributed by atoms with van der Waals surface area (Å²) >= 11 is 5.99. The van der Waals surface area contributed by atoms with Gasteiger partial charge in [0.15, 0.2) is 0 Å². The second-order valence-corrected chi connectivity index (χ2v) is 9.76. The number of carbonyl (C=O) groups is 1. The Morgan fingerprint density at radius 1 is 1.12 bits per heavy atom. The SMILES string of the molecule is Cc1c(Cl)cccc1NS(=O)(=O)c1ccc(N2C(=O)CCS2(=O)=O)cc1. The van der Waals surface area contributed by atoms with Crippen LogP contribution in [0.15, 0.2) is 47.4 Å². The maximum atomic E-state index is 12.5. The van der Waals surface area contributed by atoms with Gasteiger partial charge in [0, 0.05) is 11.4 Å². The molecule has 0 aromatic heterocycles. The van der Waals surface area contributed by atoms with E-state index in [9.17, 15) is 21.6 Å². The fraction of sp³-hybridized carbons (Fsp3) is 0.188. The molecule has 138 valence electrons. The number of anilines is 2. The average molecular weight is 415 g/mol. The molecule has 1 amide bonds. The van der Waals surface area contributed by atoms with Crippen LogP contribution in [0.5, 0.6) is 0 Å². The number of rotatable bonds is 4. The lowest BCUT2D eigenvalue weighted by Crippen LogP contribution is -2.29. The van der Waals surface area contributed by atoms with E-state index in [-0.39, 0.29) is 22.8 Å². The molecule has 26 heavy (non-hydrogen) atoms. The Morgan fingerprint density at radius 3 is 2.35 bits per heavy atom. The van der Waals surface area contributed by atoms with Gasteiger partial charge in [0.05, 0.1) is 22.0 Å². The molecule has 0 radical (unpaired) electrons. The van der Waals surface area contributed by atoms with Crippen molar-refractivity contribution < 1.29 is 21.6 Å². The van der Waals surface area contributed by atoms with E-state index in [4.69, 9.17) is 11.6 Å². The molecule has 0 unspecified atom stereocenters. The van der Waals surface area contributed by atoms with E-state index in [0.717, 1.165) is 0 Å². The van der Waals surface area contributed by atoms with E-state index in [1.165, 1.54) is 24.3 Å². The summed E-state index contributed by atoms with van der Waals surface area (Å²) in [7, 11) is -7.59. The summed E-state index contributed by atoms with van der Waals surface area (Å²) in [5.41, 5.74) is 1.05. The molecule has 2 aromatic carbocycles. The van der Waals surface area contributed by atoms with E-state index >= 15 is 0 Å². The van der Waals surface area contributed by atoms with Crippen LogP contribution < -0.4 is 9.03 Å². The van der Waals surface area contributed by atoms with Crippen LogP contribution in [0, 0.1) is 6.92 Å². The van der Waals surface area contributed by atoms with Crippen molar-refractivity contribution in [3.63, 3.8) is 0 Å². The molecule has 1 fully saturated rings. The van der Waals surface area contributed by atoms with Crippen LogP contribution in [0.4, 0.5) is 11.4 Å². The maximum absolute atomic E-state index is 12.5. The van der Waals surface area contributed by atoms with Crippen molar-refractivity contribution >= 4 is 48.9 Å². The number of nitrogens with zero attached hydrogens (tertiary/aromatic N) is 1. The summed E-state index contributed by atoms with van der Waals surface area (Å²) in [6.07, 6.45) is -0.0853. The van der Waals surface area contributed by atoms with Crippen LogP contribution in [0.3, 0.4) is 0 Å². The Labute approximate surface area is 156 Å². The highest BCUT2D eigenvalue weighted by Crippen LogP contribution is 2.28. The number of benzene rings is 2. The van der Waals surface area contributed by atoms with E-state index in [0.29, 0.717) is 20.6 Å². The van der Waals surface area contributed by atoms with Gasteiger partial charge in [0.25, 0.3) is 10.0 Å². The third-order valence-corrected chi connectivity index (χ3v) is 7.45. The Balaban J connectivity index is 1.90. The quantitative estimate of drug-likeness (QED) is 0.828. The number of halogens is 1. The standard InChI is InChI=1S/C16H15ClN2O5S2/c1-11-14(17)3-2-4-15(11)18-26(23,24)13-7-5-12(6-8-13)19-16(20)9-10-25(19,21)22/h2-8,18H,9-10H2,1H3. The lowest BCUT2D eigenvalue weighted by Gasteiger charge is -2.16. The Morgan fingerprint density at radius 2 is 1.77 bits per heavy atom. The molecular formula is C16H15ClN2O5S2. The van der Waals surface area contributed by atoms with Gasteiger partial charge >= 0.3 is 0 Å². The van der Waals surface area contributed by atoms with Gasteiger partial charge in [-0.25, -0.2) is 21.1 Å². The highest BCUT2D eigenvalue weighted by Gasteiger charge is 2.36. The fourth-order valence-electron chi connectivity index (χ4n) is 2.55. The number of hydrogen-bond acceptors (Lipinski definition) is 5. The first-order chi connectivity index (χ1) is 12.1. The molecule has 1 N–H and O–H groups in total. The molecule has 1 saturated heterocycles. The molecule has 0 aliphatic carbocycles. The van der Waals surface area contributed by atoms with Crippen LogP contribution >= 0.6 is 11.6 Å². The fourth-order valence-corrected chi connectivity index (χ4v) is 5.31. The van der Waals surface area contributed by atoms with Gasteiger partial charge < -0.3 is 0 Å². The van der Waals surface area contributed by atoms with Crippen LogP contribution in [-0.2, 0) is 24.8 Å². The first-order valence-electron chi connectivity index (χ1n) is 7.56. The summed E-state index contributed by atoms with van der Waals surface area (Å²) in [5, 5.41) is 0.429. The van der Waals surface area contributed by atoms with Gasteiger partial charge in [0.1, 0.15) is 0 Å². The third kappa shape index (κ3) is 3.42. The monoisotopic (exact) mass is 414 g/mol. The molecular weight excluding hydrogens is 400 g/mol. The van der Waals surface area contributed by atoms with E-state index in [1.54, 1.807) is 25.1 Å². The molecule has 7 nitrogen and oxygen atoms in total. The zero-order chi connectivity index (χ0) is 19.1. The largest absolute Gasteiger partial charge is 0.279 e. The zero-order valence-corrected chi connectivity index (χ0v) is 16.0. The predicted octanol–water partition coefficient (Wildman–Crippen LogP) is 2.52. The van der Waals surface area contributed by atoms with Crippen LogP contribution in [0.25, 0.3) is 0 Å². The minimum absolute atomic E-state index is 0.0651. The molecule has 1 aliphatic rings. The zero-order valence-electron chi connectivity index (χ0n) is 13.6. The number of hydrogen-bond donors (Lipinski definition) is 1. The maximum Gasteiger partial charge on any atom is 0.261 e. The van der Waals surface area contributed by atoms with Gasteiger partial charge in [-0.3, -0.25) is 9.52 Å². The third-order valence-electron chi connectivity index (χ3n) is 3.97. The van der Waals surface area contributed by atoms with Crippen LogP contribution in [0.1, 0.15) is 12.0 Å². The number of nitrogens with one attached hydrogen (secondary N) is 1. The summed E-state index contributed by atoms with van der Waals surface area (Å²) in [4.78, 5) is 11.7. The Kier molecular flexibility index (Phi) is 4.72. The molecule has 2 aromatic rings. The minimum Gasteiger partial charge on any atom is -0.279 e. The normalized spacial score (nSPS) is 16.7. The smallest absolute Gasteiger partial charge is 0.261 e. The number of amides is 1. The van der Waals surface area contributed by atoms with Crippen molar-refractivity contribution in [2.75, 3.05) is 14.8 Å². The minimum atomic E-state index is -3.90. The average Bonchev–Trinajstić information content (AvgIpc) is 2.85. The van der Waals surface area contributed by atoms with E-state index in [2.05, 4.69) is 4.72 Å². The first kappa shape index (κ1) is 18.7. The van der Waals surface area contributed by atoms with Gasteiger partial charge in [0.2, 0.25) is 15.9 Å². The van der Waals surface area contributed by atoms with Gasteiger partial charge in [-0.2, -0.15) is 0 Å². The molecule has 0 bridgehead atoms. The van der Waals surface area contributed by atoms with Crippen molar-refractivity contribution in [2.24, 2.45) is 0 Å². The summed E-state index contributed by atoms with van der Waals surface area (Å²) < 4.78 is 52.1. The van der Waals surface area contributed by atoms with Crippen LogP contribution in [-0.4, -0.2) is 28.5 Å². The lowest BCUT2D eigenvalue weighted by atomic mass is 10.2. The lowest BCUT2D eigenvalue weighted by molar-refractivity contribution is -0.116. The molecule has 1 heterocycles. The number of sulfonamides is 2.